The van der Waals surface area contributed by atoms with Gasteiger partial charge in [0.2, 0.25) is 0 Å². The molecule has 1 aliphatic heterocycles. The van der Waals surface area contributed by atoms with Crippen molar-refractivity contribution in [2.24, 2.45) is 0 Å². The molecule has 0 amide bonds. The van der Waals surface area contributed by atoms with Gasteiger partial charge in [-0.15, -0.1) is 0 Å². The lowest BCUT2D eigenvalue weighted by Gasteiger charge is -2.03. The van der Waals surface area contributed by atoms with E-state index in [0.717, 1.165) is 24.5 Å². The highest BCUT2D eigenvalue weighted by Gasteiger charge is 2.14. The summed E-state index contributed by atoms with van der Waals surface area (Å²) in [6.45, 7) is 1.75. The SMILES string of the molecule is COc1ccnc2c1CNC2. The second kappa shape index (κ2) is 2.51. The fourth-order valence-corrected chi connectivity index (χ4v) is 1.35. The summed E-state index contributed by atoms with van der Waals surface area (Å²) < 4.78 is 5.18. The van der Waals surface area contributed by atoms with E-state index in [1.54, 1.807) is 13.3 Å². The Morgan fingerprint density at radius 3 is 3.27 bits per heavy atom. The van der Waals surface area contributed by atoms with Crippen molar-refractivity contribution in [2.75, 3.05) is 7.11 Å². The Balaban J connectivity index is 2.50. The van der Waals surface area contributed by atoms with E-state index in [9.17, 15) is 0 Å². The van der Waals surface area contributed by atoms with Crippen LogP contribution >= 0.6 is 0 Å². The number of hydrogen-bond donors (Lipinski definition) is 1. The Morgan fingerprint density at radius 2 is 2.45 bits per heavy atom. The molecule has 1 aromatic rings. The van der Waals surface area contributed by atoms with Crippen molar-refractivity contribution in [3.05, 3.63) is 23.5 Å². The quantitative estimate of drug-likeness (QED) is 0.639. The van der Waals surface area contributed by atoms with Gasteiger partial charge in [0, 0.05) is 24.8 Å². The lowest BCUT2D eigenvalue weighted by atomic mass is 10.2. The van der Waals surface area contributed by atoms with Gasteiger partial charge in [0.15, 0.2) is 0 Å². The number of nitrogens with zero attached hydrogens (tertiary/aromatic N) is 1. The van der Waals surface area contributed by atoms with Gasteiger partial charge in [-0.2, -0.15) is 0 Å². The zero-order chi connectivity index (χ0) is 7.68. The van der Waals surface area contributed by atoms with Crippen molar-refractivity contribution in [3.63, 3.8) is 0 Å². The normalized spacial score (nSPS) is 14.6. The van der Waals surface area contributed by atoms with Crippen LogP contribution < -0.4 is 10.1 Å². The molecule has 1 aliphatic rings. The highest BCUT2D eigenvalue weighted by molar-refractivity contribution is 5.37. The Hall–Kier alpha value is -1.09. The molecule has 0 fully saturated rings. The summed E-state index contributed by atoms with van der Waals surface area (Å²) in [6.07, 6.45) is 1.78. The number of ether oxygens (including phenoxy) is 1. The molecule has 2 heterocycles. The number of hydrogen-bond acceptors (Lipinski definition) is 3. The van der Waals surface area contributed by atoms with Crippen molar-refractivity contribution in [1.82, 2.24) is 10.3 Å². The van der Waals surface area contributed by atoms with Crippen LogP contribution in [0, 0.1) is 0 Å². The van der Waals surface area contributed by atoms with E-state index in [1.165, 1.54) is 5.56 Å². The molecule has 0 radical (unpaired) electrons. The van der Waals surface area contributed by atoms with Crippen LogP contribution in [0.5, 0.6) is 5.75 Å². The van der Waals surface area contributed by atoms with Crippen LogP contribution in [0.2, 0.25) is 0 Å². The molecule has 3 heteroatoms. The van der Waals surface area contributed by atoms with E-state index in [0.29, 0.717) is 0 Å². The van der Waals surface area contributed by atoms with Gasteiger partial charge in [-0.05, 0) is 6.07 Å². The first-order valence-electron chi connectivity index (χ1n) is 3.63. The summed E-state index contributed by atoms with van der Waals surface area (Å²) in [5.74, 6) is 0.944. The molecular formula is C8H10N2O. The topological polar surface area (TPSA) is 34.1 Å². The second-order valence-corrected chi connectivity index (χ2v) is 2.54. The van der Waals surface area contributed by atoms with Gasteiger partial charge in [0.05, 0.1) is 12.8 Å². The summed E-state index contributed by atoms with van der Waals surface area (Å²) in [5.41, 5.74) is 2.32. The fourth-order valence-electron chi connectivity index (χ4n) is 1.35. The predicted molar refractivity (Wildman–Crippen MR) is 41.3 cm³/mol. The van der Waals surface area contributed by atoms with E-state index in [4.69, 9.17) is 4.74 Å². The maximum Gasteiger partial charge on any atom is 0.126 e. The van der Waals surface area contributed by atoms with Gasteiger partial charge < -0.3 is 10.1 Å². The average Bonchev–Trinajstić information content (AvgIpc) is 2.50. The maximum atomic E-state index is 5.18. The van der Waals surface area contributed by atoms with Crippen molar-refractivity contribution in [2.45, 2.75) is 13.1 Å². The van der Waals surface area contributed by atoms with Gasteiger partial charge in [-0.25, -0.2) is 0 Å². The van der Waals surface area contributed by atoms with Crippen LogP contribution in [-0.4, -0.2) is 12.1 Å². The van der Waals surface area contributed by atoms with Crippen LogP contribution in [0.4, 0.5) is 0 Å². The van der Waals surface area contributed by atoms with Crippen LogP contribution in [-0.2, 0) is 13.1 Å². The minimum Gasteiger partial charge on any atom is -0.496 e. The zero-order valence-corrected chi connectivity index (χ0v) is 6.42. The Labute approximate surface area is 65.4 Å². The minimum atomic E-state index is 0.868. The third-order valence-corrected chi connectivity index (χ3v) is 1.92. The Bertz CT molecular complexity index is 273. The molecule has 2 rings (SSSR count). The molecule has 0 unspecified atom stereocenters. The summed E-state index contributed by atoms with van der Waals surface area (Å²) >= 11 is 0. The van der Waals surface area contributed by atoms with Crippen molar-refractivity contribution >= 4 is 0 Å². The number of methoxy groups -OCH3 is 1. The van der Waals surface area contributed by atoms with E-state index in [-0.39, 0.29) is 0 Å². The van der Waals surface area contributed by atoms with Crippen LogP contribution in [0.25, 0.3) is 0 Å². The molecule has 0 saturated carbocycles. The number of aromatic nitrogens is 1. The van der Waals surface area contributed by atoms with Crippen molar-refractivity contribution < 1.29 is 4.74 Å². The molecule has 0 bridgehead atoms. The predicted octanol–water partition coefficient (Wildman–Crippen LogP) is 0.693. The first-order chi connectivity index (χ1) is 5.42. The third kappa shape index (κ3) is 0.973. The molecule has 0 aliphatic carbocycles. The number of nitrogens with one attached hydrogen (secondary N) is 1. The van der Waals surface area contributed by atoms with Gasteiger partial charge >= 0.3 is 0 Å². The van der Waals surface area contributed by atoms with Gasteiger partial charge in [0.1, 0.15) is 5.75 Å². The second-order valence-electron chi connectivity index (χ2n) is 2.54. The lowest BCUT2D eigenvalue weighted by molar-refractivity contribution is 0.409. The van der Waals surface area contributed by atoms with Gasteiger partial charge in [-0.1, -0.05) is 0 Å². The summed E-state index contributed by atoms with van der Waals surface area (Å²) in [6, 6.07) is 1.89. The molecule has 1 N–H and O–H groups in total. The molecule has 11 heavy (non-hydrogen) atoms. The summed E-state index contributed by atoms with van der Waals surface area (Å²) in [7, 11) is 1.69. The number of rotatable bonds is 1. The highest BCUT2D eigenvalue weighted by atomic mass is 16.5. The Kier molecular flexibility index (Phi) is 1.51. The van der Waals surface area contributed by atoms with E-state index in [2.05, 4.69) is 10.3 Å². The highest BCUT2D eigenvalue weighted by Crippen LogP contribution is 2.23. The summed E-state index contributed by atoms with van der Waals surface area (Å²) in [5, 5.41) is 3.22. The molecule has 58 valence electrons. The third-order valence-electron chi connectivity index (χ3n) is 1.92. The largest absolute Gasteiger partial charge is 0.496 e. The Morgan fingerprint density at radius 1 is 1.55 bits per heavy atom. The smallest absolute Gasteiger partial charge is 0.126 e. The first-order valence-corrected chi connectivity index (χ1v) is 3.63. The van der Waals surface area contributed by atoms with E-state index >= 15 is 0 Å². The summed E-state index contributed by atoms with van der Waals surface area (Å²) in [4.78, 5) is 4.23. The van der Waals surface area contributed by atoms with E-state index < -0.39 is 0 Å². The fraction of sp³-hybridized carbons (Fsp3) is 0.375. The average molecular weight is 150 g/mol. The van der Waals surface area contributed by atoms with Gasteiger partial charge in [0.25, 0.3) is 0 Å². The number of fused-ring (bicyclic) bond motifs is 1. The van der Waals surface area contributed by atoms with Crippen LogP contribution in [0.1, 0.15) is 11.3 Å². The maximum absolute atomic E-state index is 5.18. The first kappa shape index (κ1) is 6.61. The monoisotopic (exact) mass is 150 g/mol. The zero-order valence-electron chi connectivity index (χ0n) is 6.42. The standard InChI is InChI=1S/C8H10N2O/c1-11-8-2-3-10-7-5-9-4-6(7)8/h2-3,9H,4-5H2,1H3. The van der Waals surface area contributed by atoms with E-state index in [1.807, 2.05) is 6.07 Å². The molecule has 0 saturated heterocycles. The molecule has 0 spiro atoms. The van der Waals surface area contributed by atoms with Crippen LogP contribution in [0.15, 0.2) is 12.3 Å². The van der Waals surface area contributed by atoms with Crippen molar-refractivity contribution in [3.8, 4) is 5.75 Å². The van der Waals surface area contributed by atoms with Crippen molar-refractivity contribution in [1.29, 1.82) is 0 Å². The molecule has 1 aromatic heterocycles. The molecule has 0 atom stereocenters. The lowest BCUT2D eigenvalue weighted by Crippen LogP contribution is -2.00. The van der Waals surface area contributed by atoms with Gasteiger partial charge in [-0.3, -0.25) is 4.98 Å². The molecule has 3 nitrogen and oxygen atoms in total. The molecular weight excluding hydrogens is 140 g/mol. The molecule has 0 aromatic carbocycles. The minimum absolute atomic E-state index is 0.868. The van der Waals surface area contributed by atoms with Crippen LogP contribution in [0.3, 0.4) is 0 Å². The number of pyridine rings is 1.